The van der Waals surface area contributed by atoms with E-state index in [0.29, 0.717) is 37.3 Å². The van der Waals surface area contributed by atoms with E-state index in [-0.39, 0.29) is 61.3 Å². The van der Waals surface area contributed by atoms with Gasteiger partial charge >= 0.3 is 48.4 Å². The number of likely N-dealkylation sites (tertiary alicyclic amines) is 3. The molecule has 10 rings (SSSR count). The number of nitrogens with one attached hydrogen (secondary N) is 9. The van der Waals surface area contributed by atoms with Gasteiger partial charge in [-0.15, -0.1) is 0 Å². The van der Waals surface area contributed by atoms with Crippen LogP contribution in [0.3, 0.4) is 0 Å². The number of hydrogen-bond acceptors (Lipinski definition) is 23. The molecule has 140 heavy (non-hydrogen) atoms. The highest BCUT2D eigenvalue weighted by molar-refractivity contribution is 6.39. The van der Waals surface area contributed by atoms with Gasteiger partial charge in [0.15, 0.2) is 0 Å². The van der Waals surface area contributed by atoms with Crippen molar-refractivity contribution in [3.63, 3.8) is 0 Å². The van der Waals surface area contributed by atoms with E-state index in [1.165, 1.54) is 27.2 Å². The minimum absolute atomic E-state index is 0.0554. The summed E-state index contributed by atoms with van der Waals surface area (Å²) in [7, 11) is 0. The van der Waals surface area contributed by atoms with Crippen molar-refractivity contribution in [2.45, 2.75) is 339 Å². The highest BCUT2D eigenvalue weighted by Gasteiger charge is 2.73. The quantitative estimate of drug-likeness (QED) is 0.0135. The fourth-order valence-electron chi connectivity index (χ4n) is 19.6. The maximum Gasteiger partial charge on any atom is 0.389 e. The Bertz CT molecular complexity index is 4930. The zero-order valence-corrected chi connectivity index (χ0v) is 84.2. The SMILES string of the molecule is CC(C)(C)OC(=O)[C@@H](NC(=O)N[C@H](C(=O)N1C[C@H]2[C@@H]([C@H]1C(=O)NC(CCC(F)(F)F)C(=O)C(N)=O)C2(C)C)C(C)(C)C)C(C)(C)C.CC(C)(C)[C@H](NC(=O)NC1(C(=O)OCc2ccco2)CCCCC1)C(=O)N1C[C@H]2[C@@H]([C@H]1C(=O)NC(CC1CC1)C(=O)C(N)=O)C2(C)C.CC(C)[C@H](NC(=O)N[C@H](C(=O)N1C[C@H]2[C@@H]([C@H]1C(=O)NC(CCC(F)(F)F)C(=O)C(N)=O)C2(C)C)C(C)(C)C)C(=O)OCc1ccco1. The molecule has 3 aliphatic heterocycles. The second-order valence-corrected chi connectivity index (χ2v) is 45.8. The molecule has 0 aromatic carbocycles. The van der Waals surface area contributed by atoms with Crippen molar-refractivity contribution < 1.29 is 136 Å². The zero-order chi connectivity index (χ0) is 106. The molecular weight excluding hydrogens is 1850 g/mol. The Morgan fingerprint density at radius 2 is 0.764 bits per heavy atom. The minimum atomic E-state index is -4.67. The Balaban J connectivity index is 0.000000257. The van der Waals surface area contributed by atoms with Gasteiger partial charge in [-0.2, -0.15) is 26.3 Å². The van der Waals surface area contributed by atoms with Gasteiger partial charge in [0.25, 0.3) is 17.7 Å². The highest BCUT2D eigenvalue weighted by atomic mass is 19.4. The number of esters is 3. The van der Waals surface area contributed by atoms with Crippen molar-refractivity contribution in [3.05, 3.63) is 48.3 Å². The van der Waals surface area contributed by atoms with E-state index in [1.54, 1.807) is 121 Å². The molecule has 5 saturated carbocycles. The number of ether oxygens (including phenoxy) is 3. The molecular formula is C96H143F6N15O23. The number of primary amides is 3. The van der Waals surface area contributed by atoms with E-state index in [1.807, 2.05) is 62.3 Å². The molecule has 782 valence electrons. The summed E-state index contributed by atoms with van der Waals surface area (Å²) in [6.45, 7) is 41.2. The smallest absolute Gasteiger partial charge is 0.389 e. The molecule has 8 aliphatic rings. The van der Waals surface area contributed by atoms with E-state index in [2.05, 4.69) is 47.9 Å². The van der Waals surface area contributed by atoms with Crippen LogP contribution in [0.4, 0.5) is 40.7 Å². The van der Waals surface area contributed by atoms with Crippen LogP contribution in [-0.2, 0) is 99.3 Å². The van der Waals surface area contributed by atoms with Gasteiger partial charge in [0, 0.05) is 32.5 Å². The van der Waals surface area contributed by atoms with Crippen molar-refractivity contribution in [1.82, 2.24) is 62.6 Å². The largest absolute Gasteiger partial charge is 0.466 e. The first-order valence-corrected chi connectivity index (χ1v) is 47.4. The average molecular weight is 1990 g/mol. The zero-order valence-electron chi connectivity index (χ0n) is 84.2. The number of fused-ring (bicyclic) bond motifs is 3. The van der Waals surface area contributed by atoms with Crippen molar-refractivity contribution in [2.24, 2.45) is 102 Å². The van der Waals surface area contributed by atoms with Crippen LogP contribution in [0, 0.1) is 85.2 Å². The third-order valence-corrected chi connectivity index (χ3v) is 28.1. The van der Waals surface area contributed by atoms with Crippen LogP contribution in [-0.4, -0.2) is 231 Å². The highest BCUT2D eigenvalue weighted by Crippen LogP contribution is 2.67. The fourth-order valence-corrected chi connectivity index (χ4v) is 19.6. The topological polar surface area (TPSA) is 557 Å². The number of piperidine rings is 3. The van der Waals surface area contributed by atoms with E-state index in [4.69, 9.17) is 40.2 Å². The van der Waals surface area contributed by atoms with Gasteiger partial charge in [0.1, 0.15) is 84.2 Å². The molecule has 8 fully saturated rings. The summed E-state index contributed by atoms with van der Waals surface area (Å²) < 4.78 is 105. The molecule has 38 nitrogen and oxygen atoms in total. The standard InChI is InChI=1S/C34H49N5O8.C31H44F3N5O8.C31H50F3N5O7/c1-32(2,3)26(37-31(45)38-34(13-7-6-8-14-34)30(44)47-18-20-10-9-15-46-20)29(43)39-17-21-23(33(21,4)5)24(39)28(42)36-22(16-19-11-12-19)25(40)27(35)41;1-15(2)20(27(44)47-14-16-9-8-12-46-16)37-28(45)38-23(29(3,4)5)26(43)39-13-17-19(30(17,6)7)21(39)25(42)36-18(22(40)24(35)41)10-11-31(32,33)34;1-27(2,3)20(37-26(45)38-21(28(4,5)6)25(44)46-29(7,8)9)24(43)39-14-15-17(30(15,10)11)18(39)23(42)36-16(19(40)22(35)41)12-13-31(32,33)34/h9-10,15,19,21-24,26H,6-8,11-14,16-18H2,1-5H3,(H2,35,41)(H,36,42)(H2,37,38,45);8-9,12,15,17-21,23H,10-11,13-14H2,1-7H3,(H2,35,41)(H,36,42)(H2,37,38,45);15-18,20-21H,12-14H2,1-11H3,(H2,35,41)(H,36,42)(H2,37,38,45)/t21-,22?,23-,24-,26+;17-,18?,19-,20-,21-,23+;15-,16?,17-,18-,20+,21+/m000/s1. The van der Waals surface area contributed by atoms with Crippen molar-refractivity contribution in [2.75, 3.05) is 19.6 Å². The second-order valence-electron chi connectivity index (χ2n) is 45.8. The number of amides is 15. The van der Waals surface area contributed by atoms with Gasteiger partial charge in [0.2, 0.25) is 52.8 Å². The van der Waals surface area contributed by atoms with E-state index in [9.17, 15) is 113 Å². The van der Waals surface area contributed by atoms with E-state index in [0.717, 1.165) is 32.1 Å². The Labute approximate surface area is 811 Å². The molecule has 3 saturated heterocycles. The Hall–Kier alpha value is -11.4. The molecule has 17 atom stereocenters. The molecule has 0 spiro atoms. The van der Waals surface area contributed by atoms with Crippen LogP contribution >= 0.6 is 0 Å². The number of rotatable bonds is 35. The molecule has 5 heterocycles. The third kappa shape index (κ3) is 28.7. The first kappa shape index (κ1) is 114. The molecule has 44 heteroatoms. The maximum absolute atomic E-state index is 14.3. The van der Waals surface area contributed by atoms with Crippen molar-refractivity contribution >= 4 is 107 Å². The van der Waals surface area contributed by atoms with E-state index >= 15 is 0 Å². The fraction of sp³-hybridized carbons (Fsp3) is 0.729. The molecule has 2 aromatic heterocycles. The predicted molar refractivity (Wildman–Crippen MR) is 490 cm³/mol. The summed E-state index contributed by atoms with van der Waals surface area (Å²) in [6, 6.07) is -9.40. The lowest BCUT2D eigenvalue weighted by Gasteiger charge is -2.39. The summed E-state index contributed by atoms with van der Waals surface area (Å²) >= 11 is 0. The van der Waals surface area contributed by atoms with Crippen LogP contribution in [0.5, 0.6) is 0 Å². The van der Waals surface area contributed by atoms with Gasteiger partial charge in [-0.3, -0.25) is 57.5 Å². The summed E-state index contributed by atoms with van der Waals surface area (Å²) in [4.78, 5) is 239. The summed E-state index contributed by atoms with van der Waals surface area (Å²) in [5.41, 5.74) is 8.93. The van der Waals surface area contributed by atoms with Gasteiger partial charge in [-0.1, -0.05) is 171 Å². The number of nitrogens with zero attached hydrogens (tertiary/aromatic N) is 3. The normalized spacial score (nSPS) is 23.5. The van der Waals surface area contributed by atoms with E-state index < -0.39 is 272 Å². The number of carbonyl (C=O) groups is 18. The van der Waals surface area contributed by atoms with Gasteiger partial charge in [-0.25, -0.2) is 28.8 Å². The molecule has 15 N–H and O–H groups in total. The maximum atomic E-state index is 14.3. The molecule has 0 bridgehead atoms. The molecule has 0 radical (unpaired) electrons. The van der Waals surface area contributed by atoms with Crippen LogP contribution in [0.15, 0.2) is 45.6 Å². The number of Topliss-reactive ketones (excluding diaryl/α,β-unsaturated/α-hetero) is 3. The number of ketones is 3. The van der Waals surface area contributed by atoms with Crippen LogP contribution < -0.4 is 65.1 Å². The van der Waals surface area contributed by atoms with Crippen molar-refractivity contribution in [1.29, 1.82) is 0 Å². The number of hydrogen-bond donors (Lipinski definition) is 12. The van der Waals surface area contributed by atoms with Crippen LogP contribution in [0.25, 0.3) is 0 Å². The Morgan fingerprint density at radius 3 is 1.08 bits per heavy atom. The van der Waals surface area contributed by atoms with Gasteiger partial charge < -0.3 is 103 Å². The first-order chi connectivity index (χ1) is 64.1. The van der Waals surface area contributed by atoms with Crippen LogP contribution in [0.2, 0.25) is 0 Å². The number of halogens is 6. The summed E-state index contributed by atoms with van der Waals surface area (Å²) in [6.07, 6.45) is -5.86. The lowest BCUT2D eigenvalue weighted by Crippen LogP contribution is -2.64. The molecule has 3 unspecified atom stereocenters. The number of nitrogens with two attached hydrogens (primary N) is 3. The summed E-state index contributed by atoms with van der Waals surface area (Å²) in [5, 5.41) is 23.4. The van der Waals surface area contributed by atoms with Crippen LogP contribution in [0.1, 0.15) is 248 Å². The van der Waals surface area contributed by atoms with Gasteiger partial charge in [-0.05, 0) is 162 Å². The number of alkyl halides is 6. The first-order valence-electron chi connectivity index (χ1n) is 47.4. The number of urea groups is 3. The lowest BCUT2D eigenvalue weighted by atomic mass is 9.81. The molecule has 2 aromatic rings. The second kappa shape index (κ2) is 43.2. The summed E-state index contributed by atoms with van der Waals surface area (Å²) in [5.74, 6) is -14.2. The molecule has 15 amide bonds. The average Bonchev–Trinajstić information content (AvgIpc) is 1.53. The monoisotopic (exact) mass is 1990 g/mol. The van der Waals surface area contributed by atoms with Gasteiger partial charge in [0.05, 0.1) is 30.7 Å². The minimum Gasteiger partial charge on any atom is -0.466 e. The Morgan fingerprint density at radius 1 is 0.436 bits per heavy atom. The number of carbonyl (C=O) groups excluding carboxylic acids is 18. The lowest BCUT2D eigenvalue weighted by molar-refractivity contribution is -0.160. The third-order valence-electron chi connectivity index (χ3n) is 28.1. The predicted octanol–water partition coefficient (Wildman–Crippen LogP) is 7.81. The van der Waals surface area contributed by atoms with Crippen molar-refractivity contribution in [3.8, 4) is 0 Å². The Kier molecular flexibility index (Phi) is 35.1. The molecule has 5 aliphatic carbocycles. The number of furan rings is 2.